The Kier molecular flexibility index (Phi) is 3.78. The first kappa shape index (κ1) is 7.10. The van der Waals surface area contributed by atoms with E-state index in [1.165, 1.54) is 7.11 Å². The molecule has 0 aliphatic rings. The van der Waals surface area contributed by atoms with Crippen LogP contribution >= 0.6 is 0 Å². The molecule has 0 atom stereocenters. The summed E-state index contributed by atoms with van der Waals surface area (Å²) in [6, 6.07) is 0. The molecule has 0 aromatic carbocycles. The van der Waals surface area contributed by atoms with Gasteiger partial charge in [0.1, 0.15) is 6.61 Å². The predicted molar refractivity (Wildman–Crippen MR) is 27.5 cm³/mol. The second-order valence-electron chi connectivity index (χ2n) is 1.03. The van der Waals surface area contributed by atoms with Gasteiger partial charge in [-0.25, -0.2) is 4.79 Å². The van der Waals surface area contributed by atoms with E-state index in [9.17, 15) is 4.79 Å². The molecule has 46 valence electrons. The third kappa shape index (κ3) is 3.30. The summed E-state index contributed by atoms with van der Waals surface area (Å²) in [4.78, 5) is 14.2. The largest absolute Gasteiger partial charge is 0.373 e. The van der Waals surface area contributed by atoms with E-state index in [2.05, 4.69) is 21.4 Å². The molecule has 0 spiro atoms. The fourth-order valence-corrected chi connectivity index (χ4v) is 0.216. The van der Waals surface area contributed by atoms with Crippen LogP contribution in [0.4, 0.5) is 0 Å². The first-order chi connectivity index (χ1) is 3.81. The molecule has 8 heavy (non-hydrogen) atoms. The van der Waals surface area contributed by atoms with Crippen LogP contribution in [-0.4, -0.2) is 26.4 Å². The minimum Gasteiger partial charge on any atom is -0.373 e. The molecule has 0 heterocycles. The van der Waals surface area contributed by atoms with Gasteiger partial charge in [0.05, 0.1) is 0 Å². The number of rotatable bonds is 3. The van der Waals surface area contributed by atoms with Crippen molar-refractivity contribution in [2.24, 2.45) is 5.16 Å². The average Bonchev–Trinajstić information content (AvgIpc) is 1.68. The van der Waals surface area contributed by atoms with Crippen LogP contribution in [0.1, 0.15) is 0 Å². The maximum absolute atomic E-state index is 10.2. The van der Waals surface area contributed by atoms with Crippen molar-refractivity contribution in [3.05, 3.63) is 0 Å². The predicted octanol–water partition coefficient (Wildman–Crippen LogP) is -0.208. The van der Waals surface area contributed by atoms with Crippen molar-refractivity contribution in [1.29, 1.82) is 0 Å². The number of hydrogen-bond acceptors (Lipinski definition) is 4. The summed E-state index contributed by atoms with van der Waals surface area (Å²) in [6.45, 7) is 2.85. The van der Waals surface area contributed by atoms with E-state index in [1.54, 1.807) is 0 Å². The number of carbonyl (C=O) groups excluding carboxylic acids is 1. The van der Waals surface area contributed by atoms with Gasteiger partial charge in [-0.3, -0.25) is 0 Å². The lowest BCUT2D eigenvalue weighted by atomic mass is 10.7. The van der Waals surface area contributed by atoms with Gasteiger partial charge < -0.3 is 9.57 Å². The Labute approximate surface area is 47.1 Å². The summed E-state index contributed by atoms with van der Waals surface area (Å²) in [6.07, 6.45) is 0. The number of hydrogen-bond donors (Lipinski definition) is 0. The molecular weight excluding hydrogens is 110 g/mol. The number of nitrogens with zero attached hydrogens (tertiary/aromatic N) is 1. The normalized spacial score (nSPS) is 8.12. The van der Waals surface area contributed by atoms with Crippen molar-refractivity contribution >= 4 is 12.7 Å². The van der Waals surface area contributed by atoms with Crippen LogP contribution in [0.3, 0.4) is 0 Å². The van der Waals surface area contributed by atoms with E-state index >= 15 is 0 Å². The first-order valence-electron chi connectivity index (χ1n) is 1.96. The molecule has 0 fully saturated rings. The highest BCUT2D eigenvalue weighted by atomic mass is 16.7. The van der Waals surface area contributed by atoms with Crippen LogP contribution in [0, 0.1) is 0 Å². The summed E-state index contributed by atoms with van der Waals surface area (Å²) < 4.78 is 4.39. The highest BCUT2D eigenvalue weighted by molar-refractivity contribution is 5.70. The molecule has 0 bridgehead atoms. The van der Waals surface area contributed by atoms with Crippen LogP contribution in [0.2, 0.25) is 0 Å². The van der Waals surface area contributed by atoms with Gasteiger partial charge in [0.2, 0.25) is 0 Å². The molecule has 0 N–H and O–H groups in total. The summed E-state index contributed by atoms with van der Waals surface area (Å²) in [5.74, 6) is -0.539. The van der Waals surface area contributed by atoms with Crippen LogP contribution in [0.15, 0.2) is 5.16 Å². The first-order valence-corrected chi connectivity index (χ1v) is 1.96. The fraction of sp³-hybridized carbons (Fsp3) is 0.500. The minimum atomic E-state index is -0.539. The van der Waals surface area contributed by atoms with E-state index in [0.29, 0.717) is 0 Å². The highest BCUT2D eigenvalue weighted by Crippen LogP contribution is 1.76. The Morgan fingerprint density at radius 3 is 2.88 bits per heavy atom. The van der Waals surface area contributed by atoms with Crippen LogP contribution in [-0.2, 0) is 14.4 Å². The van der Waals surface area contributed by atoms with Crippen LogP contribution in [0.5, 0.6) is 0 Å². The monoisotopic (exact) mass is 117 g/mol. The van der Waals surface area contributed by atoms with Gasteiger partial charge in [0.25, 0.3) is 0 Å². The van der Waals surface area contributed by atoms with Gasteiger partial charge in [-0.1, -0.05) is 5.16 Å². The van der Waals surface area contributed by atoms with Crippen molar-refractivity contribution in [2.45, 2.75) is 0 Å². The maximum Gasteiger partial charge on any atom is 0.360 e. The number of methoxy groups -OCH3 is 1. The molecule has 4 heteroatoms. The molecule has 0 aromatic heterocycles. The van der Waals surface area contributed by atoms with E-state index in [0.717, 1.165) is 0 Å². The van der Waals surface area contributed by atoms with Gasteiger partial charge in [-0.2, -0.15) is 0 Å². The summed E-state index contributed by atoms with van der Waals surface area (Å²) in [5.41, 5.74) is 0. The smallest absolute Gasteiger partial charge is 0.360 e. The standard InChI is InChI=1S/C4H7NO3/c1-5-8-4(6)3-7-2/h1,3H2,2H3. The topological polar surface area (TPSA) is 47.9 Å². The summed E-state index contributed by atoms with van der Waals surface area (Å²) in [7, 11) is 1.39. The molecule has 0 unspecified atom stereocenters. The molecule has 0 aromatic rings. The zero-order chi connectivity index (χ0) is 6.41. The quantitative estimate of drug-likeness (QED) is 0.292. The zero-order valence-corrected chi connectivity index (χ0v) is 4.59. The Balaban J connectivity index is 3.18. The van der Waals surface area contributed by atoms with Crippen molar-refractivity contribution < 1.29 is 14.4 Å². The minimum absolute atomic E-state index is 0.0843. The van der Waals surface area contributed by atoms with Crippen molar-refractivity contribution in [1.82, 2.24) is 0 Å². The van der Waals surface area contributed by atoms with Gasteiger partial charge in [0, 0.05) is 13.8 Å². The second-order valence-corrected chi connectivity index (χ2v) is 1.03. The molecule has 0 amide bonds. The van der Waals surface area contributed by atoms with E-state index < -0.39 is 5.97 Å². The molecular formula is C4H7NO3. The maximum atomic E-state index is 10.2. The highest BCUT2D eigenvalue weighted by Gasteiger charge is 1.96. The van der Waals surface area contributed by atoms with Gasteiger partial charge in [-0.15, -0.1) is 0 Å². The fourth-order valence-electron chi connectivity index (χ4n) is 0.216. The molecule has 0 saturated carbocycles. The number of oxime groups is 1. The van der Waals surface area contributed by atoms with Gasteiger partial charge >= 0.3 is 5.97 Å². The third-order valence-electron chi connectivity index (χ3n) is 0.429. The van der Waals surface area contributed by atoms with Crippen LogP contribution < -0.4 is 0 Å². The average molecular weight is 117 g/mol. The van der Waals surface area contributed by atoms with E-state index in [4.69, 9.17) is 0 Å². The Morgan fingerprint density at radius 2 is 2.50 bits per heavy atom. The van der Waals surface area contributed by atoms with E-state index in [-0.39, 0.29) is 6.61 Å². The SMILES string of the molecule is C=NOC(=O)COC. The lowest BCUT2D eigenvalue weighted by molar-refractivity contribution is -0.147. The molecule has 4 nitrogen and oxygen atoms in total. The molecule has 0 radical (unpaired) electrons. The van der Waals surface area contributed by atoms with Crippen molar-refractivity contribution in [2.75, 3.05) is 13.7 Å². The van der Waals surface area contributed by atoms with Crippen molar-refractivity contribution in [3.63, 3.8) is 0 Å². The van der Waals surface area contributed by atoms with Crippen molar-refractivity contribution in [3.8, 4) is 0 Å². The van der Waals surface area contributed by atoms with Gasteiger partial charge in [-0.05, 0) is 0 Å². The Morgan fingerprint density at radius 1 is 1.88 bits per heavy atom. The number of ether oxygens (including phenoxy) is 1. The third-order valence-corrected chi connectivity index (χ3v) is 0.429. The number of carbonyl (C=O) groups is 1. The Bertz CT molecular complexity index is 91.3. The second kappa shape index (κ2) is 4.26. The molecule has 0 rings (SSSR count). The summed E-state index contributed by atoms with van der Waals surface area (Å²) >= 11 is 0. The van der Waals surface area contributed by atoms with E-state index in [1.807, 2.05) is 0 Å². The molecule has 0 saturated heterocycles. The van der Waals surface area contributed by atoms with Gasteiger partial charge in [0.15, 0.2) is 0 Å². The molecule has 0 aliphatic carbocycles. The molecule has 0 aliphatic heterocycles. The lowest BCUT2D eigenvalue weighted by Gasteiger charge is -1.91. The lowest BCUT2D eigenvalue weighted by Crippen LogP contribution is -2.06. The summed E-state index contributed by atoms with van der Waals surface area (Å²) in [5, 5.41) is 2.87. The zero-order valence-electron chi connectivity index (χ0n) is 4.59. The Hall–Kier alpha value is -0.900. The van der Waals surface area contributed by atoms with Crippen LogP contribution in [0.25, 0.3) is 0 Å².